The molecule has 0 radical (unpaired) electrons. The van der Waals surface area contributed by atoms with E-state index in [0.717, 1.165) is 69.9 Å². The maximum atomic E-state index is 11.9. The Labute approximate surface area is 261 Å². The van der Waals surface area contributed by atoms with Crippen LogP contribution in [0.4, 0.5) is 0 Å². The van der Waals surface area contributed by atoms with Gasteiger partial charge in [0, 0.05) is 47.8 Å². The summed E-state index contributed by atoms with van der Waals surface area (Å²) in [7, 11) is 0. The number of fused-ring (bicyclic) bond motifs is 12. The monoisotopic (exact) mass is 600 g/mol. The Morgan fingerprint density at radius 1 is 0.556 bits per heavy atom. The Hall–Kier alpha value is -5.84. The molecule has 0 aliphatic carbocycles. The van der Waals surface area contributed by atoms with Gasteiger partial charge in [0.25, 0.3) is 0 Å². The molecule has 0 aliphatic heterocycles. The fourth-order valence-corrected chi connectivity index (χ4v) is 7.85. The summed E-state index contributed by atoms with van der Waals surface area (Å²) < 4.78 is 4.85. The first-order chi connectivity index (χ1) is 22.0. The van der Waals surface area contributed by atoms with E-state index in [-0.39, 0.29) is 0 Å². The van der Waals surface area contributed by atoms with Gasteiger partial charge < -0.3 is 15.0 Å². The van der Waals surface area contributed by atoms with Gasteiger partial charge >= 0.3 is 0 Å². The summed E-state index contributed by atoms with van der Waals surface area (Å²) in [6.07, 6.45) is 0. The maximum Gasteiger partial charge on any atom is 0.100 e. The maximum absolute atomic E-state index is 11.9. The van der Waals surface area contributed by atoms with Gasteiger partial charge in [-0.15, -0.1) is 0 Å². The molecular formula is C38H24N4O2S. The Bertz CT molecular complexity index is 2710. The number of para-hydroxylation sites is 3. The van der Waals surface area contributed by atoms with Crippen LogP contribution in [-0.4, -0.2) is 24.4 Å². The smallest absolute Gasteiger partial charge is 0.100 e. The normalized spacial score (nSPS) is 11.9. The highest BCUT2D eigenvalue weighted by Gasteiger charge is 2.28. The zero-order chi connectivity index (χ0) is 30.4. The summed E-state index contributed by atoms with van der Waals surface area (Å²) in [5.41, 5.74) is 7.28. The lowest BCUT2D eigenvalue weighted by Gasteiger charge is -2.11. The Kier molecular flexibility index (Phi) is 5.31. The molecule has 3 heterocycles. The van der Waals surface area contributed by atoms with Crippen molar-refractivity contribution in [1.29, 1.82) is 5.26 Å². The Morgan fingerprint density at radius 2 is 1.11 bits per heavy atom. The zero-order valence-corrected chi connectivity index (χ0v) is 24.9. The summed E-state index contributed by atoms with van der Waals surface area (Å²) in [6.45, 7) is 2.01. The van der Waals surface area contributed by atoms with Crippen molar-refractivity contribution in [3.05, 3.63) is 126 Å². The number of aromatic nitrogens is 3. The third-order valence-electron chi connectivity index (χ3n) is 8.92. The highest BCUT2D eigenvalue weighted by molar-refractivity contribution is 7.99. The molecule has 3 aromatic heterocycles. The molecule has 214 valence electrons. The number of rotatable bonds is 3. The fourth-order valence-electron chi connectivity index (χ4n) is 7.03. The minimum Gasteiger partial charge on any atom is -0.428 e. The van der Waals surface area contributed by atoms with Crippen molar-refractivity contribution in [3.8, 4) is 11.8 Å². The van der Waals surface area contributed by atoms with Crippen molar-refractivity contribution in [3.63, 3.8) is 0 Å². The van der Waals surface area contributed by atoms with Crippen LogP contribution >= 0.6 is 11.8 Å². The molecule has 7 heteroatoms. The van der Waals surface area contributed by atoms with Crippen molar-refractivity contribution in [2.75, 3.05) is 0 Å². The third-order valence-corrected chi connectivity index (χ3v) is 9.93. The molecule has 2 N–H and O–H groups in total. The number of aryl methyl sites for hydroxylation is 1. The van der Waals surface area contributed by atoms with E-state index in [4.69, 9.17) is 5.26 Å². The van der Waals surface area contributed by atoms with Crippen LogP contribution in [-0.2, 0) is 0 Å². The first kappa shape index (κ1) is 25.6. The van der Waals surface area contributed by atoms with Gasteiger partial charge in [-0.25, -0.2) is 0 Å². The molecule has 0 amide bonds. The second kappa shape index (κ2) is 9.33. The standard InChI is InChI=1S/C38H24N4O2S/c1-22-7-6-10-29-34-36-32(37-33(38(34)42(44)35(22)29)28-9-3-5-12-31(28)41(37)43)27-8-2-4-11-30(27)40(36)24-15-19-26(20-16-24)45-25-17-13-23(21-39)14-18-25/h2-20,43-44H,1H3. The van der Waals surface area contributed by atoms with Crippen LogP contribution in [0.1, 0.15) is 11.1 Å². The molecule has 6 aromatic carbocycles. The van der Waals surface area contributed by atoms with Crippen LogP contribution in [0, 0.1) is 18.3 Å². The molecule has 9 rings (SSSR count). The number of hydrogen-bond acceptors (Lipinski definition) is 4. The lowest BCUT2D eigenvalue weighted by atomic mass is 10.0. The minimum atomic E-state index is 0.642. The van der Waals surface area contributed by atoms with Crippen molar-refractivity contribution >= 4 is 77.2 Å². The predicted octanol–water partition coefficient (Wildman–Crippen LogP) is 9.81. The van der Waals surface area contributed by atoms with E-state index in [1.54, 1.807) is 11.8 Å². The average molecular weight is 601 g/mol. The van der Waals surface area contributed by atoms with E-state index in [9.17, 15) is 10.4 Å². The van der Waals surface area contributed by atoms with Gasteiger partial charge in [0.2, 0.25) is 0 Å². The highest BCUT2D eigenvalue weighted by Crippen LogP contribution is 2.48. The fraction of sp³-hybridized carbons (Fsp3) is 0.0263. The van der Waals surface area contributed by atoms with Crippen molar-refractivity contribution in [1.82, 2.24) is 14.0 Å². The SMILES string of the molecule is Cc1cccc2c3c(c4c5ccccc5n(O)c4c4c5ccccc5n(-c5ccc(Sc6ccc(C#N)cc6)cc5)c43)n(O)c12. The number of nitriles is 1. The lowest BCUT2D eigenvalue weighted by molar-refractivity contribution is 0.212. The van der Waals surface area contributed by atoms with Crippen LogP contribution in [0.15, 0.2) is 125 Å². The van der Waals surface area contributed by atoms with Gasteiger partial charge in [-0.3, -0.25) is 0 Å². The van der Waals surface area contributed by atoms with E-state index < -0.39 is 0 Å². The molecule has 0 spiro atoms. The first-order valence-corrected chi connectivity index (χ1v) is 15.5. The first-order valence-electron chi connectivity index (χ1n) is 14.6. The van der Waals surface area contributed by atoms with Crippen molar-refractivity contribution in [2.24, 2.45) is 0 Å². The van der Waals surface area contributed by atoms with Gasteiger partial charge in [-0.2, -0.15) is 14.7 Å². The lowest BCUT2D eigenvalue weighted by Crippen LogP contribution is -1.96. The van der Waals surface area contributed by atoms with Gasteiger partial charge in [0.05, 0.1) is 33.7 Å². The van der Waals surface area contributed by atoms with E-state index in [1.807, 2.05) is 79.7 Å². The summed E-state index contributed by atoms with van der Waals surface area (Å²) in [5, 5.41) is 38.3. The highest BCUT2D eigenvalue weighted by atomic mass is 32.2. The number of benzene rings is 6. The van der Waals surface area contributed by atoms with Gasteiger partial charge in [-0.1, -0.05) is 66.4 Å². The number of hydrogen-bond donors (Lipinski definition) is 2. The molecule has 0 aliphatic rings. The third kappa shape index (κ3) is 3.46. The second-order valence-electron chi connectivity index (χ2n) is 11.4. The Morgan fingerprint density at radius 3 is 1.82 bits per heavy atom. The zero-order valence-electron chi connectivity index (χ0n) is 24.1. The van der Waals surface area contributed by atoms with Crippen molar-refractivity contribution < 1.29 is 10.4 Å². The predicted molar refractivity (Wildman–Crippen MR) is 181 cm³/mol. The van der Waals surface area contributed by atoms with Gasteiger partial charge in [0.1, 0.15) is 11.0 Å². The van der Waals surface area contributed by atoms with Crippen LogP contribution in [0.2, 0.25) is 0 Å². The van der Waals surface area contributed by atoms with Gasteiger partial charge in [-0.05, 0) is 73.2 Å². The summed E-state index contributed by atoms with van der Waals surface area (Å²) in [6, 6.07) is 40.4. The molecule has 6 nitrogen and oxygen atoms in total. The van der Waals surface area contributed by atoms with E-state index >= 15 is 0 Å². The van der Waals surface area contributed by atoms with Crippen LogP contribution < -0.4 is 0 Å². The Balaban J connectivity index is 1.42. The topological polar surface area (TPSA) is 79.0 Å². The largest absolute Gasteiger partial charge is 0.428 e. The summed E-state index contributed by atoms with van der Waals surface area (Å²) in [5.74, 6) is 0. The quantitative estimate of drug-likeness (QED) is 0.198. The van der Waals surface area contributed by atoms with Gasteiger partial charge in [0.15, 0.2) is 0 Å². The average Bonchev–Trinajstić information content (AvgIpc) is 3.68. The van der Waals surface area contributed by atoms with Crippen molar-refractivity contribution in [2.45, 2.75) is 16.7 Å². The van der Waals surface area contributed by atoms with E-state index in [1.165, 1.54) is 9.46 Å². The summed E-state index contributed by atoms with van der Waals surface area (Å²) in [4.78, 5) is 2.14. The molecule has 0 saturated carbocycles. The molecule has 0 bridgehead atoms. The molecule has 45 heavy (non-hydrogen) atoms. The van der Waals surface area contributed by atoms with E-state index in [0.29, 0.717) is 22.1 Å². The molecule has 0 unspecified atom stereocenters. The number of nitrogens with zero attached hydrogens (tertiary/aromatic N) is 4. The molecule has 0 atom stereocenters. The second-order valence-corrected chi connectivity index (χ2v) is 12.5. The molecular weight excluding hydrogens is 577 g/mol. The van der Waals surface area contributed by atoms with E-state index in [2.05, 4.69) is 53.1 Å². The van der Waals surface area contributed by atoms with Crippen LogP contribution in [0.5, 0.6) is 0 Å². The molecule has 9 aromatic rings. The van der Waals surface area contributed by atoms with Crippen LogP contribution in [0.25, 0.3) is 71.1 Å². The summed E-state index contributed by atoms with van der Waals surface area (Å²) >= 11 is 1.64. The molecule has 0 fully saturated rings. The minimum absolute atomic E-state index is 0.642. The molecule has 0 saturated heterocycles. The van der Waals surface area contributed by atoms with Crippen LogP contribution in [0.3, 0.4) is 0 Å².